The van der Waals surface area contributed by atoms with Gasteiger partial charge in [0.15, 0.2) is 18.1 Å². The molecule has 2 N–H and O–H groups in total. The van der Waals surface area contributed by atoms with Crippen molar-refractivity contribution in [3.63, 3.8) is 0 Å². The van der Waals surface area contributed by atoms with Gasteiger partial charge in [0.1, 0.15) is 0 Å². The number of aliphatic hydroxyl groups is 1. The topological polar surface area (TPSA) is 67.8 Å². The quantitative estimate of drug-likeness (QED) is 0.730. The van der Waals surface area contributed by atoms with E-state index in [1.165, 1.54) is 0 Å². The van der Waals surface area contributed by atoms with Gasteiger partial charge < -0.3 is 19.9 Å². The molecule has 0 fully saturated rings. The van der Waals surface area contributed by atoms with E-state index in [0.29, 0.717) is 30.4 Å². The van der Waals surface area contributed by atoms with E-state index in [0.717, 1.165) is 12.0 Å². The number of amides is 1. The zero-order valence-corrected chi connectivity index (χ0v) is 13.0. The highest BCUT2D eigenvalue weighted by Gasteiger charge is 2.10. The molecule has 0 saturated heterocycles. The van der Waals surface area contributed by atoms with Crippen molar-refractivity contribution >= 4 is 5.91 Å². The number of aliphatic hydroxyl groups excluding tert-OH is 1. The van der Waals surface area contributed by atoms with Crippen molar-refractivity contribution in [3.8, 4) is 11.5 Å². The third kappa shape index (κ3) is 6.04. The van der Waals surface area contributed by atoms with Crippen molar-refractivity contribution in [1.82, 2.24) is 5.32 Å². The fourth-order valence-corrected chi connectivity index (χ4v) is 1.98. The lowest BCUT2D eigenvalue weighted by atomic mass is 10.0. The molecule has 0 bridgehead atoms. The molecule has 0 heterocycles. The van der Waals surface area contributed by atoms with Gasteiger partial charge in [0, 0.05) is 13.2 Å². The number of carbonyl (C=O) groups excluding carboxylic acids is 1. The van der Waals surface area contributed by atoms with Crippen molar-refractivity contribution in [2.45, 2.75) is 26.7 Å². The lowest BCUT2D eigenvalue weighted by Crippen LogP contribution is -2.33. The molecule has 1 aromatic rings. The van der Waals surface area contributed by atoms with E-state index in [9.17, 15) is 4.79 Å². The predicted molar refractivity (Wildman–Crippen MR) is 81.7 cm³/mol. The summed E-state index contributed by atoms with van der Waals surface area (Å²) in [6.45, 7) is 4.66. The van der Waals surface area contributed by atoms with E-state index in [-0.39, 0.29) is 19.1 Å². The van der Waals surface area contributed by atoms with E-state index in [4.69, 9.17) is 14.6 Å². The van der Waals surface area contributed by atoms with Crippen LogP contribution >= 0.6 is 0 Å². The first-order chi connectivity index (χ1) is 10.1. The Morgan fingerprint density at radius 1 is 1.38 bits per heavy atom. The Balaban J connectivity index is 2.42. The van der Waals surface area contributed by atoms with Crippen molar-refractivity contribution < 1.29 is 19.4 Å². The number of ether oxygens (including phenoxy) is 2. The number of hydrogen-bond donors (Lipinski definition) is 2. The summed E-state index contributed by atoms with van der Waals surface area (Å²) >= 11 is 0. The van der Waals surface area contributed by atoms with Gasteiger partial charge in [-0.15, -0.1) is 0 Å². The van der Waals surface area contributed by atoms with E-state index in [1.54, 1.807) is 13.2 Å². The molecule has 0 aliphatic carbocycles. The fraction of sp³-hybridized carbons (Fsp3) is 0.562. The van der Waals surface area contributed by atoms with Crippen LogP contribution in [0.1, 0.15) is 25.3 Å². The molecule has 1 aromatic carbocycles. The molecule has 0 aliphatic heterocycles. The number of carbonyl (C=O) groups is 1. The maximum Gasteiger partial charge on any atom is 0.257 e. The summed E-state index contributed by atoms with van der Waals surface area (Å²) in [5.74, 6) is 1.30. The first-order valence-electron chi connectivity index (χ1n) is 7.25. The molecule has 21 heavy (non-hydrogen) atoms. The van der Waals surface area contributed by atoms with Crippen LogP contribution in [0.2, 0.25) is 0 Å². The Bertz CT molecular complexity index is 448. The predicted octanol–water partition coefficient (Wildman–Crippen LogP) is 1.91. The van der Waals surface area contributed by atoms with Gasteiger partial charge in [0.05, 0.1) is 7.11 Å². The summed E-state index contributed by atoms with van der Waals surface area (Å²) < 4.78 is 10.7. The van der Waals surface area contributed by atoms with E-state index < -0.39 is 0 Å². The number of rotatable bonds is 9. The highest BCUT2D eigenvalue weighted by Crippen LogP contribution is 2.27. The summed E-state index contributed by atoms with van der Waals surface area (Å²) in [6, 6.07) is 5.56. The summed E-state index contributed by atoms with van der Waals surface area (Å²) in [4.78, 5) is 11.8. The number of nitrogens with one attached hydrogen (secondary N) is 1. The molecule has 1 amide bonds. The maximum atomic E-state index is 11.8. The average Bonchev–Trinajstić information content (AvgIpc) is 2.49. The number of benzene rings is 1. The van der Waals surface area contributed by atoms with Gasteiger partial charge in [-0.3, -0.25) is 4.79 Å². The van der Waals surface area contributed by atoms with Gasteiger partial charge in [0.2, 0.25) is 0 Å². The molecule has 0 saturated carbocycles. The van der Waals surface area contributed by atoms with Crippen molar-refractivity contribution in [3.05, 3.63) is 23.8 Å². The second-order valence-electron chi connectivity index (χ2n) is 5.03. The molecule has 5 nitrogen and oxygen atoms in total. The Morgan fingerprint density at radius 3 is 2.76 bits per heavy atom. The molecule has 0 aromatic heterocycles. The van der Waals surface area contributed by atoms with Crippen molar-refractivity contribution in [1.29, 1.82) is 0 Å². The zero-order chi connectivity index (χ0) is 15.7. The number of aryl methyl sites for hydroxylation is 1. The molecule has 1 atom stereocenters. The van der Waals surface area contributed by atoms with Crippen LogP contribution in [0.4, 0.5) is 0 Å². The average molecular weight is 295 g/mol. The monoisotopic (exact) mass is 295 g/mol. The smallest absolute Gasteiger partial charge is 0.257 e. The van der Waals surface area contributed by atoms with Crippen LogP contribution in [0.15, 0.2) is 18.2 Å². The first-order valence-corrected chi connectivity index (χ1v) is 7.25. The van der Waals surface area contributed by atoms with Crippen LogP contribution in [-0.2, 0) is 4.79 Å². The Labute approximate surface area is 126 Å². The molecular formula is C16H25NO4. The van der Waals surface area contributed by atoms with E-state index >= 15 is 0 Å². The van der Waals surface area contributed by atoms with E-state index in [2.05, 4.69) is 5.32 Å². The minimum Gasteiger partial charge on any atom is -0.493 e. The standard InChI is InChI=1S/C16H25NO4/c1-4-13(7-8-18)10-17-16(19)11-21-14-6-5-12(2)9-15(14)20-3/h5-6,9,13,18H,4,7-8,10-11H2,1-3H3,(H,17,19). The molecule has 1 unspecified atom stereocenters. The van der Waals surface area contributed by atoms with Crippen LogP contribution in [0.5, 0.6) is 11.5 Å². The highest BCUT2D eigenvalue weighted by molar-refractivity contribution is 5.77. The van der Waals surface area contributed by atoms with Crippen molar-refractivity contribution in [2.75, 3.05) is 26.9 Å². The SMILES string of the molecule is CCC(CCO)CNC(=O)COc1ccc(C)cc1OC. The lowest BCUT2D eigenvalue weighted by Gasteiger charge is -2.15. The summed E-state index contributed by atoms with van der Waals surface area (Å²) in [5, 5.41) is 11.7. The fourth-order valence-electron chi connectivity index (χ4n) is 1.98. The lowest BCUT2D eigenvalue weighted by molar-refractivity contribution is -0.123. The Morgan fingerprint density at radius 2 is 2.14 bits per heavy atom. The summed E-state index contributed by atoms with van der Waals surface area (Å²) in [5.41, 5.74) is 1.07. The largest absolute Gasteiger partial charge is 0.493 e. The van der Waals surface area contributed by atoms with Gasteiger partial charge in [0.25, 0.3) is 5.91 Å². The van der Waals surface area contributed by atoms with Crippen LogP contribution in [0.25, 0.3) is 0 Å². The summed E-state index contributed by atoms with van der Waals surface area (Å²) in [6.07, 6.45) is 1.62. The first kappa shape index (κ1) is 17.3. The van der Waals surface area contributed by atoms with Crippen LogP contribution in [0.3, 0.4) is 0 Å². The van der Waals surface area contributed by atoms with Gasteiger partial charge in [-0.25, -0.2) is 0 Å². The number of methoxy groups -OCH3 is 1. The van der Waals surface area contributed by atoms with Gasteiger partial charge in [-0.1, -0.05) is 19.4 Å². The third-order valence-electron chi connectivity index (χ3n) is 3.38. The Hall–Kier alpha value is -1.75. The van der Waals surface area contributed by atoms with Crippen LogP contribution in [0, 0.1) is 12.8 Å². The number of hydrogen-bond acceptors (Lipinski definition) is 4. The minimum atomic E-state index is -0.172. The van der Waals surface area contributed by atoms with Crippen LogP contribution < -0.4 is 14.8 Å². The van der Waals surface area contributed by atoms with Gasteiger partial charge >= 0.3 is 0 Å². The zero-order valence-electron chi connectivity index (χ0n) is 13.0. The third-order valence-corrected chi connectivity index (χ3v) is 3.38. The van der Waals surface area contributed by atoms with Gasteiger partial charge in [-0.05, 0) is 37.0 Å². The Kier molecular flexibility index (Phi) is 7.61. The van der Waals surface area contributed by atoms with Gasteiger partial charge in [-0.2, -0.15) is 0 Å². The molecule has 0 aliphatic rings. The molecular weight excluding hydrogens is 270 g/mol. The second-order valence-corrected chi connectivity index (χ2v) is 5.03. The second kappa shape index (κ2) is 9.23. The molecule has 0 radical (unpaired) electrons. The van der Waals surface area contributed by atoms with Crippen LogP contribution in [-0.4, -0.2) is 37.9 Å². The highest BCUT2D eigenvalue weighted by atomic mass is 16.5. The van der Waals surface area contributed by atoms with E-state index in [1.807, 2.05) is 26.0 Å². The molecule has 0 spiro atoms. The molecule has 1 rings (SSSR count). The maximum absolute atomic E-state index is 11.8. The molecule has 118 valence electrons. The normalized spacial score (nSPS) is 11.8. The molecule has 5 heteroatoms. The van der Waals surface area contributed by atoms with Crippen molar-refractivity contribution in [2.24, 2.45) is 5.92 Å². The summed E-state index contributed by atoms with van der Waals surface area (Å²) in [7, 11) is 1.57. The minimum absolute atomic E-state index is 0.0466.